The summed E-state index contributed by atoms with van der Waals surface area (Å²) < 4.78 is 0. The Labute approximate surface area is 143 Å². The molecule has 7 N–H and O–H groups in total. The minimum atomic E-state index is -0.861. The lowest BCUT2D eigenvalue weighted by Gasteiger charge is -2.08. The molecule has 0 atom stereocenters. The minimum absolute atomic E-state index is 0.0735. The number of hydrogen-bond donors (Lipinski definition) is 5. The largest absolute Gasteiger partial charge is 0.506 e. The van der Waals surface area contributed by atoms with Gasteiger partial charge in [0.1, 0.15) is 17.2 Å². The van der Waals surface area contributed by atoms with E-state index >= 15 is 0 Å². The third kappa shape index (κ3) is 3.86. The van der Waals surface area contributed by atoms with Gasteiger partial charge in [-0.25, -0.2) is 0 Å². The molecule has 0 fully saturated rings. The van der Waals surface area contributed by atoms with Gasteiger partial charge < -0.3 is 26.8 Å². The van der Waals surface area contributed by atoms with Crippen LogP contribution in [0, 0.1) is 13.8 Å². The number of hydrogen-bond acceptors (Lipinski definition) is 8. The van der Waals surface area contributed by atoms with Gasteiger partial charge in [-0.3, -0.25) is 14.4 Å². The van der Waals surface area contributed by atoms with E-state index in [0.717, 1.165) is 22.5 Å². The van der Waals surface area contributed by atoms with Crippen LogP contribution in [0.15, 0.2) is 12.1 Å². The standard InChI is InChI=1S/C9H6O6.C8H12N2/c10-1-4-7(13)5(2-11)9(15)6(3-12)8(4)14;1-5-3-8(10)6(2)4-7(5)9/h1-3,13-15H;3-4H,9-10H2,1-2H3. The molecule has 0 aliphatic rings. The first-order valence-electron chi connectivity index (χ1n) is 6.98. The second-order valence-corrected chi connectivity index (χ2v) is 5.21. The van der Waals surface area contributed by atoms with Gasteiger partial charge in [0.2, 0.25) is 0 Å². The summed E-state index contributed by atoms with van der Waals surface area (Å²) in [5, 5.41) is 27.8. The fourth-order valence-electron chi connectivity index (χ4n) is 1.97. The second-order valence-electron chi connectivity index (χ2n) is 5.21. The van der Waals surface area contributed by atoms with Crippen LogP contribution < -0.4 is 11.5 Å². The summed E-state index contributed by atoms with van der Waals surface area (Å²) in [6.07, 6.45) is 0.221. The molecule has 25 heavy (non-hydrogen) atoms. The summed E-state index contributed by atoms with van der Waals surface area (Å²) in [4.78, 5) is 31.4. The molecule has 0 amide bonds. The number of aldehydes is 3. The van der Waals surface area contributed by atoms with Crippen LogP contribution in [0.1, 0.15) is 42.2 Å². The van der Waals surface area contributed by atoms with Crippen molar-refractivity contribution in [2.75, 3.05) is 11.5 Å². The average molecular weight is 346 g/mol. The number of rotatable bonds is 3. The Morgan fingerprint density at radius 3 is 1.12 bits per heavy atom. The van der Waals surface area contributed by atoms with E-state index < -0.39 is 33.9 Å². The van der Waals surface area contributed by atoms with Gasteiger partial charge in [0.15, 0.2) is 18.9 Å². The number of carbonyl (C=O) groups excluding carboxylic acids is 3. The molecule has 2 aromatic carbocycles. The van der Waals surface area contributed by atoms with Crippen molar-refractivity contribution < 1.29 is 29.7 Å². The maximum atomic E-state index is 10.5. The molecule has 8 nitrogen and oxygen atoms in total. The lowest BCUT2D eigenvalue weighted by atomic mass is 10.0. The van der Waals surface area contributed by atoms with E-state index in [1.165, 1.54) is 0 Å². The molecule has 0 aliphatic heterocycles. The summed E-state index contributed by atoms with van der Waals surface area (Å²) in [6.45, 7) is 3.90. The van der Waals surface area contributed by atoms with Gasteiger partial charge in [-0.1, -0.05) is 0 Å². The first kappa shape index (κ1) is 19.5. The topological polar surface area (TPSA) is 164 Å². The Balaban J connectivity index is 0.000000271. The van der Waals surface area contributed by atoms with Gasteiger partial charge in [0.25, 0.3) is 0 Å². The van der Waals surface area contributed by atoms with Crippen molar-refractivity contribution in [3.8, 4) is 17.2 Å². The second kappa shape index (κ2) is 7.82. The van der Waals surface area contributed by atoms with E-state index in [-0.39, 0.29) is 18.9 Å². The molecule has 0 saturated heterocycles. The van der Waals surface area contributed by atoms with Crippen LogP contribution in [-0.2, 0) is 0 Å². The van der Waals surface area contributed by atoms with Crippen LogP contribution in [0.3, 0.4) is 0 Å². The predicted octanol–water partition coefficient (Wildman–Crippen LogP) is 1.71. The maximum absolute atomic E-state index is 10.5. The lowest BCUT2D eigenvalue weighted by Crippen LogP contribution is -1.96. The molecule has 0 saturated carbocycles. The number of carbonyl (C=O) groups is 3. The first-order valence-corrected chi connectivity index (χ1v) is 6.98. The number of anilines is 2. The molecular formula is C17H18N2O6. The number of aryl methyl sites for hydroxylation is 2. The SMILES string of the molecule is Cc1cc(N)c(C)cc1N.O=Cc1c(O)c(C=O)c(O)c(C=O)c1O. The van der Waals surface area contributed by atoms with Crippen molar-refractivity contribution in [2.45, 2.75) is 13.8 Å². The highest BCUT2D eigenvalue weighted by molar-refractivity contribution is 6.00. The molecule has 0 radical (unpaired) electrons. The van der Waals surface area contributed by atoms with E-state index in [1.807, 2.05) is 26.0 Å². The van der Waals surface area contributed by atoms with Crippen molar-refractivity contribution >= 4 is 30.2 Å². The quantitative estimate of drug-likeness (QED) is 0.414. The molecule has 0 aliphatic carbocycles. The molecular weight excluding hydrogens is 328 g/mol. The zero-order chi connectivity index (χ0) is 19.3. The van der Waals surface area contributed by atoms with E-state index in [9.17, 15) is 29.7 Å². The van der Waals surface area contributed by atoms with Gasteiger partial charge in [-0.15, -0.1) is 0 Å². The van der Waals surface area contributed by atoms with Gasteiger partial charge in [0.05, 0.1) is 16.7 Å². The zero-order valence-corrected chi connectivity index (χ0v) is 13.6. The third-order valence-corrected chi connectivity index (χ3v) is 3.54. The number of benzene rings is 2. The Morgan fingerprint density at radius 2 is 0.920 bits per heavy atom. The van der Waals surface area contributed by atoms with Crippen LogP contribution >= 0.6 is 0 Å². The molecule has 0 unspecified atom stereocenters. The predicted molar refractivity (Wildman–Crippen MR) is 92.3 cm³/mol. The smallest absolute Gasteiger partial charge is 0.157 e. The Hall–Kier alpha value is -3.55. The molecule has 0 spiro atoms. The average Bonchev–Trinajstić information content (AvgIpc) is 2.55. The Morgan fingerprint density at radius 1 is 0.680 bits per heavy atom. The molecule has 0 bridgehead atoms. The summed E-state index contributed by atoms with van der Waals surface area (Å²) in [6, 6.07) is 3.79. The molecule has 2 rings (SSSR count). The maximum Gasteiger partial charge on any atom is 0.157 e. The summed E-state index contributed by atoms with van der Waals surface area (Å²) in [7, 11) is 0. The molecule has 132 valence electrons. The van der Waals surface area contributed by atoms with Crippen molar-refractivity contribution in [3.63, 3.8) is 0 Å². The monoisotopic (exact) mass is 346 g/mol. The van der Waals surface area contributed by atoms with Crippen LogP contribution in [0.2, 0.25) is 0 Å². The van der Waals surface area contributed by atoms with Gasteiger partial charge in [0, 0.05) is 11.4 Å². The molecule has 8 heteroatoms. The summed E-state index contributed by atoms with van der Waals surface area (Å²) in [5.74, 6) is -2.58. The fourth-order valence-corrected chi connectivity index (χ4v) is 1.97. The number of aromatic hydroxyl groups is 3. The number of nitrogens with two attached hydrogens (primary N) is 2. The van der Waals surface area contributed by atoms with Crippen LogP contribution in [0.25, 0.3) is 0 Å². The third-order valence-electron chi connectivity index (χ3n) is 3.54. The molecule has 0 aromatic heterocycles. The van der Waals surface area contributed by atoms with Gasteiger partial charge in [-0.2, -0.15) is 0 Å². The molecule has 2 aromatic rings. The van der Waals surface area contributed by atoms with E-state index in [2.05, 4.69) is 0 Å². The van der Waals surface area contributed by atoms with Crippen molar-refractivity contribution in [1.29, 1.82) is 0 Å². The molecule has 0 heterocycles. The highest BCUT2D eigenvalue weighted by Crippen LogP contribution is 2.38. The Bertz CT molecular complexity index is 708. The first-order chi connectivity index (χ1) is 11.7. The number of phenols is 3. The highest BCUT2D eigenvalue weighted by Gasteiger charge is 2.22. The van der Waals surface area contributed by atoms with Crippen molar-refractivity contribution in [1.82, 2.24) is 0 Å². The van der Waals surface area contributed by atoms with Gasteiger partial charge >= 0.3 is 0 Å². The zero-order valence-electron chi connectivity index (χ0n) is 13.6. The lowest BCUT2D eigenvalue weighted by molar-refractivity contribution is 0.111. The summed E-state index contributed by atoms with van der Waals surface area (Å²) in [5.41, 5.74) is 13.1. The normalized spacial score (nSPS) is 9.68. The van der Waals surface area contributed by atoms with Crippen LogP contribution in [0.4, 0.5) is 11.4 Å². The van der Waals surface area contributed by atoms with Crippen LogP contribution in [0.5, 0.6) is 17.2 Å². The summed E-state index contributed by atoms with van der Waals surface area (Å²) >= 11 is 0. The fraction of sp³-hybridized carbons (Fsp3) is 0.118. The number of nitrogen functional groups attached to an aromatic ring is 2. The highest BCUT2D eigenvalue weighted by atomic mass is 16.3. The van der Waals surface area contributed by atoms with Crippen molar-refractivity contribution in [3.05, 3.63) is 39.9 Å². The van der Waals surface area contributed by atoms with E-state index in [1.54, 1.807) is 0 Å². The van der Waals surface area contributed by atoms with Crippen LogP contribution in [-0.4, -0.2) is 34.2 Å². The van der Waals surface area contributed by atoms with E-state index in [0.29, 0.717) is 0 Å². The van der Waals surface area contributed by atoms with Gasteiger partial charge in [-0.05, 0) is 37.1 Å². The van der Waals surface area contributed by atoms with Crippen molar-refractivity contribution in [2.24, 2.45) is 0 Å². The number of phenolic OH excluding ortho intramolecular Hbond substituents is 3. The minimum Gasteiger partial charge on any atom is -0.506 e. The van der Waals surface area contributed by atoms with E-state index in [4.69, 9.17) is 11.5 Å². The Kier molecular flexibility index (Phi) is 6.10.